The minimum absolute atomic E-state index is 0.404. The first kappa shape index (κ1) is 16.9. The van der Waals surface area contributed by atoms with Gasteiger partial charge in [-0.05, 0) is 62.8 Å². The number of benzene rings is 1. The average molecular weight is 326 g/mol. The molecule has 0 aliphatic heterocycles. The van der Waals surface area contributed by atoms with Crippen LogP contribution in [-0.4, -0.2) is 12.6 Å². The second kappa shape index (κ2) is 8.82. The van der Waals surface area contributed by atoms with Crippen molar-refractivity contribution in [3.05, 3.63) is 45.5 Å². The second-order valence-electron chi connectivity index (χ2n) is 5.82. The Hall–Kier alpha value is -0.500. The molecule has 0 saturated heterocycles. The Morgan fingerprint density at radius 2 is 2.05 bits per heavy atom. The quantitative estimate of drug-likeness (QED) is 0.652. The van der Waals surface area contributed by atoms with Gasteiger partial charge in [-0.3, -0.25) is 0 Å². The predicted octanol–water partition coefficient (Wildman–Crippen LogP) is 5.79. The molecular formula is C18H25Cl2N. The molecule has 3 heteroatoms. The summed E-state index contributed by atoms with van der Waals surface area (Å²) in [6.45, 7) is 3.26. The van der Waals surface area contributed by atoms with Crippen molar-refractivity contribution in [1.82, 2.24) is 5.32 Å². The zero-order chi connectivity index (χ0) is 15.1. The van der Waals surface area contributed by atoms with Crippen LogP contribution in [0, 0.1) is 0 Å². The van der Waals surface area contributed by atoms with Gasteiger partial charge in [0.1, 0.15) is 0 Å². The van der Waals surface area contributed by atoms with Gasteiger partial charge in [0.25, 0.3) is 0 Å². The monoisotopic (exact) mass is 325 g/mol. The zero-order valence-corrected chi connectivity index (χ0v) is 14.3. The van der Waals surface area contributed by atoms with Crippen molar-refractivity contribution in [2.24, 2.45) is 0 Å². The van der Waals surface area contributed by atoms with Gasteiger partial charge in [-0.2, -0.15) is 0 Å². The van der Waals surface area contributed by atoms with Gasteiger partial charge in [0.2, 0.25) is 0 Å². The smallest absolute Gasteiger partial charge is 0.0453 e. The lowest BCUT2D eigenvalue weighted by Gasteiger charge is -2.22. The molecular weight excluding hydrogens is 301 g/mol. The summed E-state index contributed by atoms with van der Waals surface area (Å²) in [5, 5.41) is 5.18. The molecule has 1 aliphatic rings. The van der Waals surface area contributed by atoms with E-state index < -0.39 is 0 Å². The summed E-state index contributed by atoms with van der Waals surface area (Å²) in [6.07, 6.45) is 11.0. The van der Waals surface area contributed by atoms with Crippen LogP contribution in [0.2, 0.25) is 10.0 Å². The van der Waals surface area contributed by atoms with Crippen LogP contribution in [0.4, 0.5) is 0 Å². The number of rotatable bonds is 6. The molecule has 0 saturated carbocycles. The third-order valence-corrected chi connectivity index (χ3v) is 4.69. The van der Waals surface area contributed by atoms with Crippen LogP contribution in [0.3, 0.4) is 0 Å². The van der Waals surface area contributed by atoms with Crippen molar-refractivity contribution in [2.75, 3.05) is 6.54 Å². The van der Waals surface area contributed by atoms with Gasteiger partial charge in [0.15, 0.2) is 0 Å². The molecule has 21 heavy (non-hydrogen) atoms. The first-order valence-corrected chi connectivity index (χ1v) is 8.82. The maximum absolute atomic E-state index is 6.35. The van der Waals surface area contributed by atoms with Gasteiger partial charge in [-0.15, -0.1) is 0 Å². The molecule has 0 fully saturated rings. The molecule has 2 rings (SSSR count). The highest BCUT2D eigenvalue weighted by Gasteiger charge is 2.17. The maximum Gasteiger partial charge on any atom is 0.0453 e. The fourth-order valence-electron chi connectivity index (χ4n) is 2.92. The molecule has 1 aromatic carbocycles. The molecule has 116 valence electrons. The number of hydrogen-bond donors (Lipinski definition) is 1. The molecule has 0 aromatic heterocycles. The van der Waals surface area contributed by atoms with Crippen molar-refractivity contribution in [2.45, 2.75) is 57.9 Å². The molecule has 0 spiro atoms. The highest BCUT2D eigenvalue weighted by molar-refractivity contribution is 6.35. The number of halogens is 2. The molecule has 1 unspecified atom stereocenters. The Morgan fingerprint density at radius 1 is 1.19 bits per heavy atom. The van der Waals surface area contributed by atoms with Gasteiger partial charge >= 0.3 is 0 Å². The third-order valence-electron chi connectivity index (χ3n) is 4.10. The predicted molar refractivity (Wildman–Crippen MR) is 93.4 cm³/mol. The minimum Gasteiger partial charge on any atom is -0.310 e. The Morgan fingerprint density at radius 3 is 2.81 bits per heavy atom. The molecule has 1 N–H and O–H groups in total. The zero-order valence-electron chi connectivity index (χ0n) is 12.8. The Balaban J connectivity index is 2.13. The lowest BCUT2D eigenvalue weighted by Crippen LogP contribution is -2.33. The summed E-state index contributed by atoms with van der Waals surface area (Å²) >= 11 is 12.3. The van der Waals surface area contributed by atoms with E-state index in [-0.39, 0.29) is 0 Å². The number of hydrogen-bond acceptors (Lipinski definition) is 1. The SMILES string of the molecule is CCCNC(Cc1ccc(Cl)cc1Cl)C1=CCCCCC1. The summed E-state index contributed by atoms with van der Waals surface area (Å²) in [7, 11) is 0. The number of allylic oxidation sites excluding steroid dienone is 1. The molecule has 0 heterocycles. The summed E-state index contributed by atoms with van der Waals surface area (Å²) in [5.74, 6) is 0. The molecule has 1 aromatic rings. The largest absolute Gasteiger partial charge is 0.310 e. The van der Waals surface area contributed by atoms with E-state index in [0.29, 0.717) is 11.1 Å². The molecule has 0 amide bonds. The summed E-state index contributed by atoms with van der Waals surface area (Å²) < 4.78 is 0. The summed E-state index contributed by atoms with van der Waals surface area (Å²) in [6, 6.07) is 6.24. The molecule has 0 radical (unpaired) electrons. The first-order chi connectivity index (χ1) is 10.2. The molecule has 0 bridgehead atoms. The average Bonchev–Trinajstić information content (AvgIpc) is 2.74. The van der Waals surface area contributed by atoms with Crippen molar-refractivity contribution in [3.63, 3.8) is 0 Å². The van der Waals surface area contributed by atoms with E-state index in [1.54, 1.807) is 5.57 Å². The van der Waals surface area contributed by atoms with Crippen molar-refractivity contribution in [1.29, 1.82) is 0 Å². The van der Waals surface area contributed by atoms with Crippen molar-refractivity contribution >= 4 is 23.2 Å². The second-order valence-corrected chi connectivity index (χ2v) is 6.67. The van der Waals surface area contributed by atoms with Crippen LogP contribution in [-0.2, 0) is 6.42 Å². The third kappa shape index (κ3) is 5.32. The molecule has 1 nitrogen and oxygen atoms in total. The van der Waals surface area contributed by atoms with Gasteiger partial charge in [0, 0.05) is 16.1 Å². The fourth-order valence-corrected chi connectivity index (χ4v) is 3.40. The minimum atomic E-state index is 0.404. The Labute approximate surface area is 138 Å². The fraction of sp³-hybridized carbons (Fsp3) is 0.556. The Bertz CT molecular complexity index is 482. The van der Waals surface area contributed by atoms with Crippen LogP contribution in [0.5, 0.6) is 0 Å². The van der Waals surface area contributed by atoms with Crippen molar-refractivity contribution in [3.8, 4) is 0 Å². The van der Waals surface area contributed by atoms with Gasteiger partial charge < -0.3 is 5.32 Å². The van der Waals surface area contributed by atoms with Crippen LogP contribution in [0.25, 0.3) is 0 Å². The number of nitrogens with one attached hydrogen (secondary N) is 1. The van der Waals surface area contributed by atoms with E-state index in [2.05, 4.69) is 24.4 Å². The van der Waals surface area contributed by atoms with E-state index in [1.807, 2.05) is 12.1 Å². The maximum atomic E-state index is 6.35. The molecule has 1 aliphatic carbocycles. The van der Waals surface area contributed by atoms with E-state index in [1.165, 1.54) is 37.7 Å². The van der Waals surface area contributed by atoms with Crippen LogP contribution >= 0.6 is 23.2 Å². The van der Waals surface area contributed by atoms with E-state index in [0.717, 1.165) is 24.4 Å². The van der Waals surface area contributed by atoms with Crippen molar-refractivity contribution < 1.29 is 0 Å². The summed E-state index contributed by atoms with van der Waals surface area (Å²) in [5.41, 5.74) is 2.74. The van der Waals surface area contributed by atoms with Gasteiger partial charge in [-0.25, -0.2) is 0 Å². The van der Waals surface area contributed by atoms with E-state index in [9.17, 15) is 0 Å². The Kier molecular flexibility index (Phi) is 7.09. The van der Waals surface area contributed by atoms with Crippen LogP contribution in [0.15, 0.2) is 29.8 Å². The van der Waals surface area contributed by atoms with E-state index in [4.69, 9.17) is 23.2 Å². The lowest BCUT2D eigenvalue weighted by atomic mass is 9.95. The first-order valence-electron chi connectivity index (χ1n) is 8.07. The van der Waals surface area contributed by atoms with Crippen LogP contribution in [0.1, 0.15) is 51.0 Å². The lowest BCUT2D eigenvalue weighted by molar-refractivity contribution is 0.543. The highest BCUT2D eigenvalue weighted by atomic mass is 35.5. The normalized spacial score (nSPS) is 17.2. The molecule has 1 atom stereocenters. The standard InChI is InChI=1S/C18H25Cl2N/c1-2-11-21-18(14-7-5-3-4-6-8-14)12-15-9-10-16(19)13-17(15)20/h7,9-10,13,18,21H,2-6,8,11-12H2,1H3. The highest BCUT2D eigenvalue weighted by Crippen LogP contribution is 2.26. The van der Waals surface area contributed by atoms with Gasteiger partial charge in [-0.1, -0.05) is 54.3 Å². The van der Waals surface area contributed by atoms with E-state index >= 15 is 0 Å². The topological polar surface area (TPSA) is 12.0 Å². The van der Waals surface area contributed by atoms with Gasteiger partial charge in [0.05, 0.1) is 0 Å². The summed E-state index contributed by atoms with van der Waals surface area (Å²) in [4.78, 5) is 0. The van der Waals surface area contributed by atoms with Crippen LogP contribution < -0.4 is 5.32 Å².